The molecule has 1 atom stereocenters. The Hall–Kier alpha value is -1.37. The van der Waals surface area contributed by atoms with E-state index >= 15 is 0 Å². The first kappa shape index (κ1) is 16.0. The summed E-state index contributed by atoms with van der Waals surface area (Å²) in [7, 11) is 0. The molecule has 0 aliphatic rings. The molecule has 0 fully saturated rings. The van der Waals surface area contributed by atoms with Crippen LogP contribution in [-0.4, -0.2) is 0 Å². The van der Waals surface area contributed by atoms with E-state index in [1.165, 1.54) is 6.07 Å². The summed E-state index contributed by atoms with van der Waals surface area (Å²) in [4.78, 5) is 0. The van der Waals surface area contributed by atoms with Gasteiger partial charge in [-0.25, -0.2) is 5.43 Å². The summed E-state index contributed by atoms with van der Waals surface area (Å²) in [6.45, 7) is 1.91. The van der Waals surface area contributed by atoms with Crippen LogP contribution >= 0.6 is 15.9 Å². The van der Waals surface area contributed by atoms with Crippen molar-refractivity contribution in [3.8, 4) is 0 Å². The predicted molar refractivity (Wildman–Crippen MR) is 79.5 cm³/mol. The number of hydrazine groups is 1. The molecule has 0 aliphatic carbocycles. The van der Waals surface area contributed by atoms with Gasteiger partial charge in [0.1, 0.15) is 0 Å². The van der Waals surface area contributed by atoms with Gasteiger partial charge in [-0.1, -0.05) is 45.8 Å². The van der Waals surface area contributed by atoms with Crippen LogP contribution in [0.5, 0.6) is 0 Å². The Kier molecular flexibility index (Phi) is 4.70. The van der Waals surface area contributed by atoms with E-state index in [4.69, 9.17) is 5.84 Å². The molecule has 0 saturated carbocycles. The maximum Gasteiger partial charge on any atom is 0.416 e. The first-order valence-corrected chi connectivity index (χ1v) is 7.01. The highest BCUT2D eigenvalue weighted by molar-refractivity contribution is 9.10. The summed E-state index contributed by atoms with van der Waals surface area (Å²) < 4.78 is 39.2. The lowest BCUT2D eigenvalue weighted by Gasteiger charge is -2.20. The Morgan fingerprint density at radius 1 is 1.14 bits per heavy atom. The van der Waals surface area contributed by atoms with E-state index in [1.807, 2.05) is 31.2 Å². The van der Waals surface area contributed by atoms with Gasteiger partial charge in [0.15, 0.2) is 0 Å². The topological polar surface area (TPSA) is 38.0 Å². The van der Waals surface area contributed by atoms with Crippen LogP contribution in [0.3, 0.4) is 0 Å². The van der Waals surface area contributed by atoms with Crippen molar-refractivity contribution in [2.45, 2.75) is 19.1 Å². The van der Waals surface area contributed by atoms with Gasteiger partial charge in [0.2, 0.25) is 0 Å². The van der Waals surface area contributed by atoms with Crippen molar-refractivity contribution < 1.29 is 13.2 Å². The molecule has 2 aromatic carbocycles. The van der Waals surface area contributed by atoms with Crippen molar-refractivity contribution in [1.82, 2.24) is 5.43 Å². The van der Waals surface area contributed by atoms with Crippen LogP contribution in [-0.2, 0) is 6.18 Å². The molecule has 2 rings (SSSR count). The molecule has 2 nitrogen and oxygen atoms in total. The van der Waals surface area contributed by atoms with E-state index in [0.29, 0.717) is 10.0 Å². The Balaban J connectivity index is 2.52. The van der Waals surface area contributed by atoms with Crippen LogP contribution in [0.1, 0.15) is 28.3 Å². The van der Waals surface area contributed by atoms with Gasteiger partial charge in [-0.05, 0) is 36.2 Å². The van der Waals surface area contributed by atoms with Crippen molar-refractivity contribution in [3.63, 3.8) is 0 Å². The van der Waals surface area contributed by atoms with E-state index in [9.17, 15) is 13.2 Å². The van der Waals surface area contributed by atoms with E-state index in [-0.39, 0.29) is 0 Å². The average molecular weight is 359 g/mol. The van der Waals surface area contributed by atoms with Crippen LogP contribution in [0.25, 0.3) is 0 Å². The third-order valence-corrected chi connectivity index (χ3v) is 3.90. The molecule has 1 unspecified atom stereocenters. The molecule has 6 heteroatoms. The largest absolute Gasteiger partial charge is 0.416 e. The molecule has 0 heterocycles. The van der Waals surface area contributed by atoms with Crippen molar-refractivity contribution in [1.29, 1.82) is 0 Å². The highest BCUT2D eigenvalue weighted by Gasteiger charge is 2.31. The number of nitrogens with one attached hydrogen (secondary N) is 1. The summed E-state index contributed by atoms with van der Waals surface area (Å²) in [5, 5.41) is 0. The molecule has 0 aromatic heterocycles. The molecule has 21 heavy (non-hydrogen) atoms. The summed E-state index contributed by atoms with van der Waals surface area (Å²) in [5.74, 6) is 5.56. The standard InChI is InChI=1S/C15H14BrF3N2/c1-9-3-2-4-10(7-9)14(21-20)12-8-11(15(17,18)19)5-6-13(12)16/h2-8,14,21H,20H2,1H3. The quantitative estimate of drug-likeness (QED) is 0.633. The zero-order valence-electron chi connectivity index (χ0n) is 11.2. The Morgan fingerprint density at radius 3 is 2.43 bits per heavy atom. The predicted octanol–water partition coefficient (Wildman–Crippen LogP) is 4.33. The van der Waals surface area contributed by atoms with E-state index < -0.39 is 17.8 Å². The second-order valence-corrected chi connectivity index (χ2v) is 5.60. The molecule has 0 radical (unpaired) electrons. The maximum atomic E-state index is 12.9. The van der Waals surface area contributed by atoms with Gasteiger partial charge in [0, 0.05) is 4.47 Å². The molecular formula is C15H14BrF3N2. The van der Waals surface area contributed by atoms with E-state index in [1.54, 1.807) is 0 Å². The Bertz CT molecular complexity index is 641. The minimum atomic E-state index is -4.39. The molecule has 0 bridgehead atoms. The van der Waals surface area contributed by atoms with Crippen molar-refractivity contribution in [2.75, 3.05) is 0 Å². The zero-order valence-corrected chi connectivity index (χ0v) is 12.8. The minimum Gasteiger partial charge on any atom is -0.271 e. The molecular weight excluding hydrogens is 345 g/mol. The van der Waals surface area contributed by atoms with Gasteiger partial charge in [0.05, 0.1) is 11.6 Å². The number of nitrogens with two attached hydrogens (primary N) is 1. The molecule has 3 N–H and O–H groups in total. The second kappa shape index (κ2) is 6.17. The fourth-order valence-electron chi connectivity index (χ4n) is 2.16. The van der Waals surface area contributed by atoms with E-state index in [0.717, 1.165) is 23.3 Å². The normalized spacial score (nSPS) is 13.2. The van der Waals surface area contributed by atoms with Crippen LogP contribution in [0, 0.1) is 6.92 Å². The molecule has 112 valence electrons. The number of hydrogen-bond acceptors (Lipinski definition) is 2. The average Bonchev–Trinajstić information content (AvgIpc) is 2.40. The van der Waals surface area contributed by atoms with Crippen LogP contribution in [0.15, 0.2) is 46.9 Å². The Morgan fingerprint density at radius 2 is 1.86 bits per heavy atom. The summed E-state index contributed by atoms with van der Waals surface area (Å²) >= 11 is 3.29. The molecule has 0 amide bonds. The number of benzene rings is 2. The first-order chi connectivity index (χ1) is 9.82. The van der Waals surface area contributed by atoms with Gasteiger partial charge in [-0.2, -0.15) is 13.2 Å². The fraction of sp³-hybridized carbons (Fsp3) is 0.200. The zero-order chi connectivity index (χ0) is 15.6. The van der Waals surface area contributed by atoms with Crippen molar-refractivity contribution in [2.24, 2.45) is 5.84 Å². The van der Waals surface area contributed by atoms with E-state index in [2.05, 4.69) is 21.4 Å². The molecule has 0 spiro atoms. The molecule has 0 aliphatic heterocycles. The van der Waals surface area contributed by atoms with Gasteiger partial charge in [-0.15, -0.1) is 0 Å². The SMILES string of the molecule is Cc1cccc(C(NN)c2cc(C(F)(F)F)ccc2Br)c1. The fourth-order valence-corrected chi connectivity index (χ4v) is 2.63. The molecule has 0 saturated heterocycles. The number of alkyl halides is 3. The monoisotopic (exact) mass is 358 g/mol. The smallest absolute Gasteiger partial charge is 0.271 e. The van der Waals surface area contributed by atoms with Gasteiger partial charge >= 0.3 is 6.18 Å². The highest BCUT2D eigenvalue weighted by atomic mass is 79.9. The number of hydrogen-bond donors (Lipinski definition) is 2. The van der Waals surface area contributed by atoms with Crippen LogP contribution in [0.2, 0.25) is 0 Å². The maximum absolute atomic E-state index is 12.9. The highest BCUT2D eigenvalue weighted by Crippen LogP contribution is 2.35. The number of aryl methyl sites for hydroxylation is 1. The Labute approximate surface area is 129 Å². The lowest BCUT2D eigenvalue weighted by molar-refractivity contribution is -0.137. The third-order valence-electron chi connectivity index (χ3n) is 3.18. The number of halogens is 4. The van der Waals surface area contributed by atoms with Crippen molar-refractivity contribution in [3.05, 3.63) is 69.2 Å². The summed E-state index contributed by atoms with van der Waals surface area (Å²) in [6, 6.07) is 10.5. The third kappa shape index (κ3) is 3.64. The summed E-state index contributed by atoms with van der Waals surface area (Å²) in [5.41, 5.74) is 4.14. The van der Waals surface area contributed by atoms with Crippen LogP contribution in [0.4, 0.5) is 13.2 Å². The summed E-state index contributed by atoms with van der Waals surface area (Å²) in [6.07, 6.45) is -4.39. The lowest BCUT2D eigenvalue weighted by Crippen LogP contribution is -2.29. The van der Waals surface area contributed by atoms with Gasteiger partial charge in [0.25, 0.3) is 0 Å². The van der Waals surface area contributed by atoms with Gasteiger partial charge in [-0.3, -0.25) is 5.84 Å². The van der Waals surface area contributed by atoms with Crippen molar-refractivity contribution >= 4 is 15.9 Å². The second-order valence-electron chi connectivity index (χ2n) is 4.75. The number of rotatable bonds is 3. The first-order valence-electron chi connectivity index (χ1n) is 6.22. The van der Waals surface area contributed by atoms with Crippen LogP contribution < -0.4 is 11.3 Å². The molecule has 2 aromatic rings. The minimum absolute atomic E-state index is 0.443. The van der Waals surface area contributed by atoms with Gasteiger partial charge < -0.3 is 0 Å². The lowest BCUT2D eigenvalue weighted by atomic mass is 9.96.